The number of thioether (sulfide) groups is 1. The van der Waals surface area contributed by atoms with Gasteiger partial charge < -0.3 is 19.7 Å². The predicted molar refractivity (Wildman–Crippen MR) is 156 cm³/mol. The van der Waals surface area contributed by atoms with Crippen LogP contribution >= 0.6 is 23.4 Å². The largest absolute Gasteiger partial charge is 0.444 e. The number of H-pyrrole nitrogens is 1. The molecule has 1 aliphatic rings. The maximum Gasteiger partial charge on any atom is 0.417 e. The number of alkyl halides is 3. The zero-order valence-electron chi connectivity index (χ0n) is 23.8. The van der Waals surface area contributed by atoms with Crippen LogP contribution in [0.25, 0.3) is 10.9 Å². The summed E-state index contributed by atoms with van der Waals surface area (Å²) >= 11 is 7.37. The number of carbonyl (C=O) groups excluding carboxylic acids is 1. The molecular formula is C28H33ClF3N5O4S. The van der Waals surface area contributed by atoms with Crippen molar-refractivity contribution in [3.8, 4) is 0 Å². The number of nitrogens with zero attached hydrogens (tertiary/aromatic N) is 4. The zero-order valence-corrected chi connectivity index (χ0v) is 25.4. The van der Waals surface area contributed by atoms with Gasteiger partial charge in [0.2, 0.25) is 0 Å². The number of anilines is 1. The van der Waals surface area contributed by atoms with E-state index in [2.05, 4.69) is 15.0 Å². The maximum absolute atomic E-state index is 14.2. The molecule has 9 nitrogen and oxygen atoms in total. The molecule has 1 fully saturated rings. The third-order valence-corrected chi connectivity index (χ3v) is 8.63. The number of hydrogen-bond acceptors (Lipinski definition) is 8. The van der Waals surface area contributed by atoms with E-state index in [4.69, 9.17) is 16.3 Å². The highest BCUT2D eigenvalue weighted by atomic mass is 35.5. The number of nitrogens with one attached hydrogen (secondary N) is 1. The molecule has 3 aromatic rings. The number of benzene rings is 1. The second-order valence-electron chi connectivity index (χ2n) is 11.3. The molecule has 42 heavy (non-hydrogen) atoms. The summed E-state index contributed by atoms with van der Waals surface area (Å²) in [5, 5.41) is 9.52. The van der Waals surface area contributed by atoms with Gasteiger partial charge in [0, 0.05) is 42.5 Å². The van der Waals surface area contributed by atoms with Crippen LogP contribution in [0.15, 0.2) is 40.3 Å². The van der Waals surface area contributed by atoms with Gasteiger partial charge in [0.1, 0.15) is 11.4 Å². The fourth-order valence-electron chi connectivity index (χ4n) is 5.05. The van der Waals surface area contributed by atoms with Crippen molar-refractivity contribution in [2.75, 3.05) is 30.3 Å². The third-order valence-electron chi connectivity index (χ3n) is 6.86. The van der Waals surface area contributed by atoms with Crippen molar-refractivity contribution in [3.63, 3.8) is 0 Å². The van der Waals surface area contributed by atoms with E-state index in [0.717, 1.165) is 23.4 Å². The predicted octanol–water partition coefficient (Wildman–Crippen LogP) is 5.69. The summed E-state index contributed by atoms with van der Waals surface area (Å²) in [6.45, 7) is 9.05. The maximum atomic E-state index is 14.2. The number of piperazine rings is 1. The lowest BCUT2D eigenvalue weighted by Gasteiger charge is -2.45. The van der Waals surface area contributed by atoms with Crippen LogP contribution in [0.5, 0.6) is 0 Å². The van der Waals surface area contributed by atoms with Crippen molar-refractivity contribution in [1.29, 1.82) is 0 Å². The van der Waals surface area contributed by atoms with Crippen LogP contribution in [-0.2, 0) is 10.9 Å². The summed E-state index contributed by atoms with van der Waals surface area (Å²) in [6.07, 6.45) is -2.15. The van der Waals surface area contributed by atoms with Crippen LogP contribution in [0, 0.1) is 0 Å². The number of aromatic nitrogens is 3. The number of ether oxygens (including phenoxy) is 1. The lowest BCUT2D eigenvalue weighted by atomic mass is 10.0. The minimum absolute atomic E-state index is 0.0308. The van der Waals surface area contributed by atoms with E-state index in [-0.39, 0.29) is 47.1 Å². The van der Waals surface area contributed by atoms with Gasteiger partial charge in [0.05, 0.1) is 39.7 Å². The van der Waals surface area contributed by atoms with Crippen molar-refractivity contribution in [3.05, 3.63) is 57.2 Å². The van der Waals surface area contributed by atoms with Crippen LogP contribution in [0.2, 0.25) is 5.02 Å². The molecule has 2 aromatic heterocycles. The van der Waals surface area contributed by atoms with Gasteiger partial charge in [-0.3, -0.25) is 9.88 Å². The Hall–Kier alpha value is -3.03. The highest BCUT2D eigenvalue weighted by molar-refractivity contribution is 7.99. The quantitative estimate of drug-likeness (QED) is 0.335. The number of hydrogen-bond donors (Lipinski definition) is 2. The summed E-state index contributed by atoms with van der Waals surface area (Å²) in [6, 6.07) is 3.55. The van der Waals surface area contributed by atoms with Crippen LogP contribution in [0.3, 0.4) is 0 Å². The Labute approximate surface area is 250 Å². The van der Waals surface area contributed by atoms with Crippen molar-refractivity contribution >= 4 is 46.2 Å². The number of aliphatic hydroxyl groups excluding tert-OH is 1. The molecule has 14 heteroatoms. The number of carbonyl (C=O) groups is 1. The Morgan fingerprint density at radius 2 is 1.83 bits per heavy atom. The summed E-state index contributed by atoms with van der Waals surface area (Å²) in [5.41, 5.74) is -1.64. The summed E-state index contributed by atoms with van der Waals surface area (Å²) in [4.78, 5) is 39.7. The van der Waals surface area contributed by atoms with E-state index in [0.29, 0.717) is 0 Å². The molecule has 0 radical (unpaired) electrons. The number of pyridine rings is 1. The SMILES string of the molecule is CC1CN(c2nc(=O)[nH]c3c(SCC(CO)c4ccncc4)c(Cl)c(C(F)(F)F)cc23)CC(C)N1C(=O)OC(C)(C)C. The molecule has 0 spiro atoms. The second-order valence-corrected chi connectivity index (χ2v) is 12.7. The van der Waals surface area contributed by atoms with E-state index >= 15 is 0 Å². The van der Waals surface area contributed by atoms with Gasteiger partial charge >= 0.3 is 18.0 Å². The van der Waals surface area contributed by atoms with Gasteiger partial charge in [-0.15, -0.1) is 11.8 Å². The molecule has 0 aliphatic carbocycles. The van der Waals surface area contributed by atoms with Crippen molar-refractivity contribution < 1.29 is 27.8 Å². The van der Waals surface area contributed by atoms with E-state index in [1.54, 1.807) is 68.9 Å². The lowest BCUT2D eigenvalue weighted by Crippen LogP contribution is -2.59. The average molecular weight is 628 g/mol. The number of fused-ring (bicyclic) bond motifs is 1. The molecular weight excluding hydrogens is 595 g/mol. The molecule has 1 aliphatic heterocycles. The minimum Gasteiger partial charge on any atom is -0.444 e. The standard InChI is InChI=1S/C28H33ClF3N5O4S/c1-15-11-36(12-16(2)37(15)26(40)41-27(3,4)5)24-19-10-20(28(30,31)32)21(29)23(22(19)34-25(39)35-24)42-14-18(13-38)17-6-8-33-9-7-17/h6-10,15-16,18,38H,11-14H2,1-5H3,(H,34,35,39). The Bertz CT molecular complexity index is 1490. The molecule has 0 saturated carbocycles. The van der Waals surface area contributed by atoms with Crippen molar-refractivity contribution in [1.82, 2.24) is 19.9 Å². The number of aromatic amines is 1. The molecule has 3 atom stereocenters. The fraction of sp³-hybridized carbons (Fsp3) is 0.500. The second kappa shape index (κ2) is 12.3. The monoisotopic (exact) mass is 627 g/mol. The molecule has 3 heterocycles. The molecule has 3 unspecified atom stereocenters. The first-order valence-corrected chi connectivity index (χ1v) is 14.7. The number of halogens is 4. The first-order chi connectivity index (χ1) is 19.6. The molecule has 2 N–H and O–H groups in total. The number of aliphatic hydroxyl groups is 1. The van der Waals surface area contributed by atoms with Gasteiger partial charge in [-0.2, -0.15) is 18.2 Å². The Morgan fingerprint density at radius 1 is 1.21 bits per heavy atom. The molecule has 4 rings (SSSR count). The van der Waals surface area contributed by atoms with Crippen LogP contribution in [0.1, 0.15) is 51.7 Å². The van der Waals surface area contributed by atoms with Crippen LogP contribution in [0.4, 0.5) is 23.8 Å². The van der Waals surface area contributed by atoms with Crippen LogP contribution in [-0.4, -0.2) is 74.2 Å². The summed E-state index contributed by atoms with van der Waals surface area (Å²) in [7, 11) is 0. The Morgan fingerprint density at radius 3 is 2.38 bits per heavy atom. The summed E-state index contributed by atoms with van der Waals surface area (Å²) in [5.74, 6) is -0.179. The van der Waals surface area contributed by atoms with Gasteiger partial charge in [-0.1, -0.05) is 11.6 Å². The number of rotatable bonds is 6. The Kier molecular flexibility index (Phi) is 9.34. The van der Waals surface area contributed by atoms with Crippen molar-refractivity contribution in [2.45, 2.75) is 69.3 Å². The molecule has 228 valence electrons. The fourth-order valence-corrected chi connectivity index (χ4v) is 6.68. The van der Waals surface area contributed by atoms with Gasteiger partial charge in [-0.05, 0) is 58.4 Å². The topological polar surface area (TPSA) is 112 Å². The highest BCUT2D eigenvalue weighted by Gasteiger charge is 2.39. The normalized spacial score (nSPS) is 18.8. The van der Waals surface area contributed by atoms with E-state index in [1.165, 1.54) is 0 Å². The first-order valence-electron chi connectivity index (χ1n) is 13.3. The summed E-state index contributed by atoms with van der Waals surface area (Å²) < 4.78 is 48.3. The average Bonchev–Trinajstić information content (AvgIpc) is 2.88. The van der Waals surface area contributed by atoms with Crippen molar-refractivity contribution in [2.24, 2.45) is 0 Å². The minimum atomic E-state index is -4.79. The van der Waals surface area contributed by atoms with E-state index in [9.17, 15) is 27.9 Å². The molecule has 1 amide bonds. The smallest absolute Gasteiger partial charge is 0.417 e. The van der Waals surface area contributed by atoms with Crippen LogP contribution < -0.4 is 10.6 Å². The lowest BCUT2D eigenvalue weighted by molar-refractivity contribution is -0.137. The Balaban J connectivity index is 1.77. The molecule has 1 saturated heterocycles. The molecule has 1 aromatic carbocycles. The van der Waals surface area contributed by atoms with Gasteiger partial charge in [-0.25, -0.2) is 9.59 Å². The molecule has 0 bridgehead atoms. The van der Waals surface area contributed by atoms with Gasteiger partial charge in [0.15, 0.2) is 0 Å². The highest BCUT2D eigenvalue weighted by Crippen LogP contribution is 2.45. The first kappa shape index (κ1) is 31.9. The van der Waals surface area contributed by atoms with E-state index in [1.807, 2.05) is 0 Å². The zero-order chi connectivity index (χ0) is 31.0. The third kappa shape index (κ3) is 6.95. The number of amides is 1. The van der Waals surface area contributed by atoms with E-state index < -0.39 is 52.1 Å². The van der Waals surface area contributed by atoms with Gasteiger partial charge in [0.25, 0.3) is 0 Å².